The molecule has 0 aliphatic carbocycles. The van der Waals surface area contributed by atoms with Crippen molar-refractivity contribution in [3.8, 4) is 5.75 Å². The van der Waals surface area contributed by atoms with Crippen molar-refractivity contribution >= 4 is 23.5 Å². The van der Waals surface area contributed by atoms with E-state index in [1.807, 2.05) is 0 Å². The number of nitrogens with zero attached hydrogens (tertiary/aromatic N) is 1. The minimum atomic E-state index is -4.63. The second-order valence-corrected chi connectivity index (χ2v) is 8.85. The number of carboxylic acid groups (broad SMARTS) is 1. The average Bonchev–Trinajstić information content (AvgIpc) is 2.79. The highest BCUT2D eigenvalue weighted by Crippen LogP contribution is 2.37. The highest BCUT2D eigenvalue weighted by atomic mass is 35.5. The zero-order valence-corrected chi connectivity index (χ0v) is 19.3. The molecule has 1 fully saturated rings. The van der Waals surface area contributed by atoms with Crippen LogP contribution >= 0.6 is 11.6 Å². The van der Waals surface area contributed by atoms with Crippen LogP contribution in [0.3, 0.4) is 0 Å². The number of benzene rings is 2. The Hall–Kier alpha value is -2.74. The molecule has 184 valence electrons. The number of carbonyl (C=O) groups is 2. The number of halogens is 4. The molecule has 9 heteroatoms. The first-order chi connectivity index (χ1) is 16.2. The number of aromatic carboxylic acids is 1. The van der Waals surface area contributed by atoms with Crippen LogP contribution < -0.4 is 4.74 Å². The van der Waals surface area contributed by atoms with E-state index in [4.69, 9.17) is 21.4 Å². The molecule has 34 heavy (non-hydrogen) atoms. The molecule has 0 spiro atoms. The number of alkyl halides is 3. The predicted molar refractivity (Wildman–Crippen MR) is 122 cm³/mol. The molecule has 2 aromatic carbocycles. The Morgan fingerprint density at radius 3 is 2.35 bits per heavy atom. The summed E-state index contributed by atoms with van der Waals surface area (Å²) in [6, 6.07) is 11.8. The van der Waals surface area contributed by atoms with Gasteiger partial charge in [0.2, 0.25) is 5.91 Å². The molecular formula is C25H27ClF3NO4. The van der Waals surface area contributed by atoms with Crippen molar-refractivity contribution < 1.29 is 32.6 Å². The molecule has 0 aromatic heterocycles. The van der Waals surface area contributed by atoms with Gasteiger partial charge in [0.05, 0.1) is 17.2 Å². The van der Waals surface area contributed by atoms with Gasteiger partial charge >= 0.3 is 12.1 Å². The van der Waals surface area contributed by atoms with Gasteiger partial charge < -0.3 is 14.7 Å². The lowest BCUT2D eigenvalue weighted by Crippen LogP contribution is -2.44. The minimum Gasteiger partial charge on any atom is -0.494 e. The molecule has 1 amide bonds. The van der Waals surface area contributed by atoms with Crippen LogP contribution in [0.2, 0.25) is 5.02 Å². The van der Waals surface area contributed by atoms with Crippen LogP contribution in [0.15, 0.2) is 48.5 Å². The van der Waals surface area contributed by atoms with Crippen molar-refractivity contribution in [3.63, 3.8) is 0 Å². The lowest BCUT2D eigenvalue weighted by molar-refractivity contribution is -0.172. The van der Waals surface area contributed by atoms with Crippen LogP contribution in [0.5, 0.6) is 5.75 Å². The molecular weight excluding hydrogens is 471 g/mol. The molecule has 5 nitrogen and oxygen atoms in total. The third kappa shape index (κ3) is 6.88. The molecule has 0 saturated carbocycles. The smallest absolute Gasteiger partial charge is 0.404 e. The molecule has 0 radical (unpaired) electrons. The van der Waals surface area contributed by atoms with Crippen molar-refractivity contribution in [2.75, 3.05) is 19.7 Å². The Kier molecular flexibility index (Phi) is 8.83. The topological polar surface area (TPSA) is 66.8 Å². The lowest BCUT2D eigenvalue weighted by Gasteiger charge is -2.35. The van der Waals surface area contributed by atoms with Gasteiger partial charge in [-0.1, -0.05) is 48.4 Å². The number of ether oxygens (including phenoxy) is 1. The number of rotatable bonds is 9. The van der Waals surface area contributed by atoms with E-state index in [1.54, 1.807) is 12.1 Å². The molecule has 1 N–H and O–H groups in total. The first-order valence-electron chi connectivity index (χ1n) is 11.2. The lowest BCUT2D eigenvalue weighted by atomic mass is 9.90. The van der Waals surface area contributed by atoms with Crippen molar-refractivity contribution in [1.82, 2.24) is 4.90 Å². The number of likely N-dealkylation sites (tertiary alicyclic amines) is 1. The van der Waals surface area contributed by atoms with Gasteiger partial charge in [0.25, 0.3) is 0 Å². The van der Waals surface area contributed by atoms with Gasteiger partial charge in [0, 0.05) is 13.1 Å². The van der Waals surface area contributed by atoms with E-state index < -0.39 is 24.0 Å². The van der Waals surface area contributed by atoms with E-state index in [0.717, 1.165) is 19.3 Å². The molecule has 0 bridgehead atoms. The quantitative estimate of drug-likeness (QED) is 0.420. The van der Waals surface area contributed by atoms with Crippen LogP contribution in [0.1, 0.15) is 53.9 Å². The fourth-order valence-corrected chi connectivity index (χ4v) is 4.48. The maximum absolute atomic E-state index is 13.6. The van der Waals surface area contributed by atoms with E-state index in [1.165, 1.54) is 41.3 Å². The molecule has 3 rings (SSSR count). The van der Waals surface area contributed by atoms with Gasteiger partial charge in [-0.15, -0.1) is 0 Å². The number of hydrogen-bond acceptors (Lipinski definition) is 3. The first kappa shape index (κ1) is 25.9. The summed E-state index contributed by atoms with van der Waals surface area (Å²) in [5.74, 6) is -3.24. The average molecular weight is 498 g/mol. The molecule has 1 saturated heterocycles. The Morgan fingerprint density at radius 1 is 1.09 bits per heavy atom. The molecule has 1 aliphatic rings. The van der Waals surface area contributed by atoms with E-state index in [9.17, 15) is 22.8 Å². The number of piperidine rings is 1. The summed E-state index contributed by atoms with van der Waals surface area (Å²) < 4.78 is 46.5. The summed E-state index contributed by atoms with van der Waals surface area (Å²) in [6.07, 6.45) is -0.703. The van der Waals surface area contributed by atoms with Crippen LogP contribution in [0, 0.1) is 5.92 Å². The van der Waals surface area contributed by atoms with Crippen molar-refractivity contribution in [3.05, 3.63) is 64.7 Å². The maximum Gasteiger partial charge on any atom is 0.404 e. The van der Waals surface area contributed by atoms with E-state index in [0.29, 0.717) is 44.2 Å². The normalized spacial score (nSPS) is 15.7. The van der Waals surface area contributed by atoms with Gasteiger partial charge in [0.1, 0.15) is 5.75 Å². The largest absolute Gasteiger partial charge is 0.494 e. The third-order valence-electron chi connectivity index (χ3n) is 6.08. The monoisotopic (exact) mass is 497 g/mol. The van der Waals surface area contributed by atoms with Gasteiger partial charge in [-0.25, -0.2) is 4.79 Å². The number of unbranched alkanes of at least 4 members (excludes halogenated alkanes) is 1. The summed E-state index contributed by atoms with van der Waals surface area (Å²) in [7, 11) is 0. The van der Waals surface area contributed by atoms with Crippen molar-refractivity contribution in [1.29, 1.82) is 0 Å². The molecule has 1 aliphatic heterocycles. The highest BCUT2D eigenvalue weighted by Gasteiger charge is 2.47. The SMILES string of the molecule is O=C(O)c1ccc(OCCCCC2CCN(C(=O)C(c3ccccc3)C(F)(F)F)CC2)cc1Cl. The Bertz CT molecular complexity index is 976. The fraction of sp³-hybridized carbons (Fsp3) is 0.440. The number of carboxylic acids is 1. The Morgan fingerprint density at radius 2 is 1.76 bits per heavy atom. The van der Waals surface area contributed by atoms with E-state index >= 15 is 0 Å². The highest BCUT2D eigenvalue weighted by molar-refractivity contribution is 6.33. The Labute approximate surface area is 201 Å². The van der Waals surface area contributed by atoms with Gasteiger partial charge in [-0.05, 0) is 55.4 Å². The van der Waals surface area contributed by atoms with E-state index in [2.05, 4.69) is 0 Å². The van der Waals surface area contributed by atoms with Gasteiger partial charge in [-0.2, -0.15) is 13.2 Å². The van der Waals surface area contributed by atoms with Gasteiger partial charge in [0.15, 0.2) is 5.92 Å². The summed E-state index contributed by atoms with van der Waals surface area (Å²) >= 11 is 5.93. The van der Waals surface area contributed by atoms with E-state index in [-0.39, 0.29) is 16.1 Å². The summed E-state index contributed by atoms with van der Waals surface area (Å²) in [6.45, 7) is 1.10. The second kappa shape index (κ2) is 11.6. The second-order valence-electron chi connectivity index (χ2n) is 8.45. The minimum absolute atomic E-state index is 0.0177. The summed E-state index contributed by atoms with van der Waals surface area (Å²) in [5, 5.41) is 9.11. The van der Waals surface area contributed by atoms with Crippen molar-refractivity contribution in [2.45, 2.75) is 44.2 Å². The van der Waals surface area contributed by atoms with Gasteiger partial charge in [-0.3, -0.25) is 4.79 Å². The van der Waals surface area contributed by atoms with Crippen LogP contribution in [-0.4, -0.2) is 47.8 Å². The molecule has 1 heterocycles. The molecule has 1 atom stereocenters. The summed E-state index contributed by atoms with van der Waals surface area (Å²) in [5.41, 5.74) is -0.00910. The van der Waals surface area contributed by atoms with Crippen LogP contribution in [0.25, 0.3) is 0 Å². The number of carbonyl (C=O) groups excluding carboxylic acids is 1. The van der Waals surface area contributed by atoms with Crippen molar-refractivity contribution in [2.24, 2.45) is 5.92 Å². The number of hydrogen-bond donors (Lipinski definition) is 1. The maximum atomic E-state index is 13.6. The number of amides is 1. The summed E-state index contributed by atoms with van der Waals surface area (Å²) in [4.78, 5) is 25.0. The zero-order chi connectivity index (χ0) is 24.7. The zero-order valence-electron chi connectivity index (χ0n) is 18.6. The van der Waals surface area contributed by atoms with Crippen LogP contribution in [-0.2, 0) is 4.79 Å². The predicted octanol–water partition coefficient (Wildman–Crippen LogP) is 6.17. The molecule has 1 unspecified atom stereocenters. The third-order valence-corrected chi connectivity index (χ3v) is 6.39. The van der Waals surface area contributed by atoms with Crippen LogP contribution in [0.4, 0.5) is 13.2 Å². The molecule has 2 aromatic rings. The fourth-order valence-electron chi connectivity index (χ4n) is 4.23. The Balaban J connectivity index is 1.41. The first-order valence-corrected chi connectivity index (χ1v) is 11.6. The standard InChI is InChI=1S/C25H27ClF3NO4/c26-21-16-19(9-10-20(21)24(32)33)34-15-5-4-6-17-11-13-30(14-12-17)23(31)22(25(27,28)29)18-7-2-1-3-8-18/h1-3,7-10,16-17,22H,4-6,11-15H2,(H,32,33).